The quantitative estimate of drug-likeness (QED) is 0.187. The van der Waals surface area contributed by atoms with E-state index in [2.05, 4.69) is 103 Å². The summed E-state index contributed by atoms with van der Waals surface area (Å²) < 4.78 is 12.9. The predicted molar refractivity (Wildman–Crippen MR) is 200 cm³/mol. The molecule has 2 aliphatic rings. The summed E-state index contributed by atoms with van der Waals surface area (Å²) in [7, 11) is 0. The number of fused-ring (bicyclic) bond motifs is 6. The van der Waals surface area contributed by atoms with Crippen LogP contribution in [0.1, 0.15) is 17.5 Å². The smallest absolute Gasteiger partial charge is 0.165 e. The van der Waals surface area contributed by atoms with Gasteiger partial charge in [-0.05, 0) is 46.5 Å². The first-order chi connectivity index (χ1) is 24.8. The average Bonchev–Trinajstić information content (AvgIpc) is 3.77. The molecule has 50 heavy (non-hydrogen) atoms. The fourth-order valence-corrected chi connectivity index (χ4v) is 7.35. The van der Waals surface area contributed by atoms with Crippen LogP contribution in [-0.4, -0.2) is 21.1 Å². The number of rotatable bonds is 5. The molecule has 0 spiro atoms. The van der Waals surface area contributed by atoms with Crippen LogP contribution in [0.15, 0.2) is 162 Å². The van der Waals surface area contributed by atoms with Gasteiger partial charge in [0.1, 0.15) is 23.0 Å². The Kier molecular flexibility index (Phi) is 6.56. The highest BCUT2D eigenvalue weighted by Crippen LogP contribution is 2.49. The van der Waals surface area contributed by atoms with Gasteiger partial charge in [-0.2, -0.15) is 0 Å². The maximum Gasteiger partial charge on any atom is 0.165 e. The van der Waals surface area contributed by atoms with Gasteiger partial charge >= 0.3 is 0 Å². The first-order valence-electron chi connectivity index (χ1n) is 16.9. The van der Waals surface area contributed by atoms with E-state index in [9.17, 15) is 0 Å². The lowest BCUT2D eigenvalue weighted by Crippen LogP contribution is -2.14. The van der Waals surface area contributed by atoms with Gasteiger partial charge in [0.15, 0.2) is 17.5 Å². The highest BCUT2D eigenvalue weighted by molar-refractivity contribution is 6.16. The highest BCUT2D eigenvalue weighted by Gasteiger charge is 2.33. The van der Waals surface area contributed by atoms with Gasteiger partial charge in [0.2, 0.25) is 0 Å². The largest absolute Gasteiger partial charge is 0.485 e. The fourth-order valence-electron chi connectivity index (χ4n) is 7.35. The average molecular weight is 644 g/mol. The normalized spacial score (nSPS) is 14.9. The third-order valence-electron chi connectivity index (χ3n) is 9.67. The first kappa shape index (κ1) is 28.4. The van der Waals surface area contributed by atoms with E-state index in [1.807, 2.05) is 54.6 Å². The van der Waals surface area contributed by atoms with Crippen LogP contribution in [0.2, 0.25) is 0 Å². The summed E-state index contributed by atoms with van der Waals surface area (Å²) in [6.07, 6.45) is 5.19. The number of furan rings is 1. The van der Waals surface area contributed by atoms with Crippen molar-refractivity contribution in [3.8, 4) is 51.0 Å². The Morgan fingerprint density at radius 1 is 0.500 bits per heavy atom. The van der Waals surface area contributed by atoms with Crippen molar-refractivity contribution >= 4 is 33.1 Å². The van der Waals surface area contributed by atoms with Crippen molar-refractivity contribution < 1.29 is 9.15 Å². The van der Waals surface area contributed by atoms with Crippen LogP contribution in [0.3, 0.4) is 0 Å². The lowest BCUT2D eigenvalue weighted by molar-refractivity contribution is 0.279. The Balaban J connectivity index is 1.26. The van der Waals surface area contributed by atoms with Crippen molar-refractivity contribution in [2.75, 3.05) is 0 Å². The number of allylic oxidation sites excluding steroid dienone is 2. The summed E-state index contributed by atoms with van der Waals surface area (Å²) >= 11 is 0. The van der Waals surface area contributed by atoms with Gasteiger partial charge in [-0.1, -0.05) is 133 Å². The van der Waals surface area contributed by atoms with Gasteiger partial charge in [0, 0.05) is 45.0 Å². The second-order valence-electron chi connectivity index (χ2n) is 12.6. The third kappa shape index (κ3) is 4.66. The maximum absolute atomic E-state index is 6.48. The molecule has 2 aromatic heterocycles. The van der Waals surface area contributed by atoms with E-state index in [0.717, 1.165) is 78.6 Å². The second-order valence-corrected chi connectivity index (χ2v) is 12.6. The third-order valence-corrected chi connectivity index (χ3v) is 9.67. The van der Waals surface area contributed by atoms with E-state index in [4.69, 9.17) is 24.1 Å². The number of benzene rings is 6. The molecule has 1 aliphatic heterocycles. The Hall–Kier alpha value is -6.59. The van der Waals surface area contributed by atoms with E-state index >= 15 is 0 Å². The Labute approximate surface area is 288 Å². The number of aromatic nitrogens is 3. The van der Waals surface area contributed by atoms with Crippen LogP contribution in [0.5, 0.6) is 5.75 Å². The lowest BCUT2D eigenvalue weighted by Gasteiger charge is -2.21. The van der Waals surface area contributed by atoms with E-state index in [1.54, 1.807) is 0 Å². The molecule has 0 bridgehead atoms. The van der Waals surface area contributed by atoms with Gasteiger partial charge < -0.3 is 9.15 Å². The molecular formula is C45H29N3O2. The summed E-state index contributed by atoms with van der Waals surface area (Å²) in [4.78, 5) is 15.6. The SMILES string of the molecule is C1=CC(c2ccc3oc4ccccc4c3c2-c2nc(-c3ccccc3)nc(-c3ccc(-c4ccccc4)cc3)n2)=C2c3ccccc3OC2C1. The van der Waals surface area contributed by atoms with Gasteiger partial charge in [-0.15, -0.1) is 0 Å². The molecule has 10 rings (SSSR count). The monoisotopic (exact) mass is 643 g/mol. The van der Waals surface area contributed by atoms with Crippen LogP contribution >= 0.6 is 0 Å². The van der Waals surface area contributed by atoms with Crippen LogP contribution in [0.25, 0.3) is 78.4 Å². The summed E-state index contributed by atoms with van der Waals surface area (Å²) in [5.41, 5.74) is 11.1. The molecule has 0 saturated carbocycles. The number of para-hydroxylation sites is 2. The summed E-state index contributed by atoms with van der Waals surface area (Å²) in [6.45, 7) is 0. The number of ether oxygens (including phenoxy) is 1. The van der Waals surface area contributed by atoms with Crippen molar-refractivity contribution in [2.24, 2.45) is 0 Å². The fraction of sp³-hybridized carbons (Fsp3) is 0.0444. The van der Waals surface area contributed by atoms with Crippen LogP contribution in [-0.2, 0) is 0 Å². The standard InChI is InChI=1S/C45H29N3O2/c1-3-12-28(13-4-1)29-22-24-31(25-23-29)44-46-43(30-14-5-2-6-15-30)47-45(48-44)42-33(26-27-39-41(42)35-17-8-10-20-37(35)50-39)32-18-11-21-38-40(32)34-16-7-9-19-36(34)49-38/h1-20,22-27,38H,21H2. The summed E-state index contributed by atoms with van der Waals surface area (Å²) in [6, 6.07) is 49.7. The number of hydrogen-bond donors (Lipinski definition) is 0. The predicted octanol–water partition coefficient (Wildman–Crippen LogP) is 11.1. The van der Waals surface area contributed by atoms with Crippen LogP contribution < -0.4 is 4.74 Å². The minimum absolute atomic E-state index is 0.0611. The molecule has 0 N–H and O–H groups in total. The van der Waals surface area contributed by atoms with E-state index < -0.39 is 0 Å². The first-order valence-corrected chi connectivity index (χ1v) is 16.9. The Morgan fingerprint density at radius 3 is 1.92 bits per heavy atom. The van der Waals surface area contributed by atoms with Gasteiger partial charge in [0.25, 0.3) is 0 Å². The van der Waals surface area contributed by atoms with Gasteiger partial charge in [-0.3, -0.25) is 0 Å². The van der Waals surface area contributed by atoms with E-state index in [1.165, 1.54) is 5.57 Å². The zero-order chi connectivity index (χ0) is 33.0. The topological polar surface area (TPSA) is 61.0 Å². The van der Waals surface area contributed by atoms with Crippen molar-refractivity contribution in [1.82, 2.24) is 15.0 Å². The molecule has 5 heteroatoms. The minimum atomic E-state index is -0.0611. The molecule has 0 amide bonds. The number of hydrogen-bond acceptors (Lipinski definition) is 5. The Bertz CT molecular complexity index is 2640. The maximum atomic E-state index is 6.48. The highest BCUT2D eigenvalue weighted by atomic mass is 16.5. The van der Waals surface area contributed by atoms with Crippen molar-refractivity contribution in [1.29, 1.82) is 0 Å². The summed E-state index contributed by atoms with van der Waals surface area (Å²) in [5.74, 6) is 2.72. The van der Waals surface area contributed by atoms with Gasteiger partial charge in [0.05, 0.1) is 0 Å². The molecule has 5 nitrogen and oxygen atoms in total. The molecule has 8 aromatic rings. The minimum Gasteiger partial charge on any atom is -0.485 e. The molecule has 1 aliphatic carbocycles. The molecule has 6 aromatic carbocycles. The van der Waals surface area contributed by atoms with Crippen LogP contribution in [0.4, 0.5) is 0 Å². The zero-order valence-electron chi connectivity index (χ0n) is 27.0. The molecule has 236 valence electrons. The molecule has 1 unspecified atom stereocenters. The van der Waals surface area contributed by atoms with Crippen LogP contribution in [0, 0.1) is 0 Å². The molecule has 0 saturated heterocycles. The van der Waals surface area contributed by atoms with Crippen molar-refractivity contribution in [3.63, 3.8) is 0 Å². The molecule has 1 atom stereocenters. The van der Waals surface area contributed by atoms with Crippen molar-refractivity contribution in [2.45, 2.75) is 12.5 Å². The van der Waals surface area contributed by atoms with Gasteiger partial charge in [-0.25, -0.2) is 15.0 Å². The summed E-state index contributed by atoms with van der Waals surface area (Å²) in [5, 5.41) is 1.99. The lowest BCUT2D eigenvalue weighted by atomic mass is 9.84. The molecule has 3 heterocycles. The molecule has 0 fully saturated rings. The molecular weight excluding hydrogens is 615 g/mol. The second kappa shape index (κ2) is 11.5. The molecule has 0 radical (unpaired) electrons. The number of nitrogens with zero attached hydrogens (tertiary/aromatic N) is 3. The zero-order valence-corrected chi connectivity index (χ0v) is 27.0. The van der Waals surface area contributed by atoms with E-state index in [0.29, 0.717) is 17.5 Å². The Morgan fingerprint density at radius 2 is 1.12 bits per heavy atom. The van der Waals surface area contributed by atoms with E-state index in [-0.39, 0.29) is 6.10 Å². The van der Waals surface area contributed by atoms with Crippen molar-refractivity contribution in [3.05, 3.63) is 169 Å².